The highest BCUT2D eigenvalue weighted by Crippen LogP contribution is 2.41. The maximum Gasteiger partial charge on any atom is 0.418 e. The summed E-state index contributed by atoms with van der Waals surface area (Å²) in [5, 5.41) is 0.0971. The Balaban J connectivity index is 2.35. The highest BCUT2D eigenvalue weighted by Gasteiger charge is 2.53. The first-order valence-electron chi connectivity index (χ1n) is 10.6. The van der Waals surface area contributed by atoms with Crippen LogP contribution in [0.25, 0.3) is 0 Å². The molecule has 6 heteroatoms. The lowest BCUT2D eigenvalue weighted by Crippen LogP contribution is -2.52. The van der Waals surface area contributed by atoms with E-state index in [9.17, 15) is 4.79 Å². The Morgan fingerprint density at radius 2 is 1.34 bits per heavy atom. The SMILES string of the molecule is CC(C)(C)[Si](C)(C)O[C@H]1C=[N+](Cc2ccccc2)C(=O)[C@@H]1O[Si](C)(C)C(C)(C)C. The second kappa shape index (κ2) is 8.21. The Bertz CT molecular complexity index is 759. The van der Waals surface area contributed by atoms with Gasteiger partial charge in [0.25, 0.3) is 0 Å². The van der Waals surface area contributed by atoms with Gasteiger partial charge in [0.2, 0.25) is 6.10 Å². The van der Waals surface area contributed by atoms with Crippen molar-refractivity contribution in [2.75, 3.05) is 0 Å². The topological polar surface area (TPSA) is 38.5 Å². The maximum absolute atomic E-state index is 13.4. The van der Waals surface area contributed by atoms with E-state index < -0.39 is 22.7 Å². The molecule has 1 aromatic rings. The minimum Gasteiger partial charge on any atom is -0.402 e. The summed E-state index contributed by atoms with van der Waals surface area (Å²) in [5.74, 6) is 0.0161. The number of benzene rings is 1. The van der Waals surface area contributed by atoms with Crippen molar-refractivity contribution in [1.29, 1.82) is 0 Å². The van der Waals surface area contributed by atoms with Gasteiger partial charge in [0.1, 0.15) is 0 Å². The zero-order valence-corrected chi connectivity index (χ0v) is 22.0. The summed E-state index contributed by atoms with van der Waals surface area (Å²) >= 11 is 0. The van der Waals surface area contributed by atoms with Gasteiger partial charge in [-0.2, -0.15) is 4.58 Å². The predicted molar refractivity (Wildman–Crippen MR) is 126 cm³/mol. The first-order valence-corrected chi connectivity index (χ1v) is 16.4. The molecule has 2 atom stereocenters. The lowest BCUT2D eigenvalue weighted by Gasteiger charge is -2.41. The van der Waals surface area contributed by atoms with Crippen LogP contribution in [0.15, 0.2) is 30.3 Å². The molecule has 1 amide bonds. The summed E-state index contributed by atoms with van der Waals surface area (Å²) in [7, 11) is -4.19. The molecule has 0 aliphatic carbocycles. The van der Waals surface area contributed by atoms with Gasteiger partial charge in [-0.3, -0.25) is 0 Å². The molecule has 1 aromatic carbocycles. The van der Waals surface area contributed by atoms with Crippen molar-refractivity contribution in [2.24, 2.45) is 0 Å². The fourth-order valence-corrected chi connectivity index (χ4v) is 5.21. The lowest BCUT2D eigenvalue weighted by molar-refractivity contribution is -0.458. The Hall–Kier alpha value is -1.09. The molecule has 29 heavy (non-hydrogen) atoms. The van der Waals surface area contributed by atoms with Gasteiger partial charge in [-0.1, -0.05) is 71.9 Å². The van der Waals surface area contributed by atoms with E-state index in [1.54, 1.807) is 4.58 Å². The molecule has 0 N–H and O–H groups in total. The van der Waals surface area contributed by atoms with Crippen LogP contribution in [0.3, 0.4) is 0 Å². The van der Waals surface area contributed by atoms with Gasteiger partial charge in [-0.25, -0.2) is 4.79 Å². The number of carbonyl (C=O) groups is 1. The van der Waals surface area contributed by atoms with Crippen molar-refractivity contribution >= 4 is 28.8 Å². The maximum atomic E-state index is 13.4. The molecule has 0 bridgehead atoms. The van der Waals surface area contributed by atoms with E-state index in [0.29, 0.717) is 6.54 Å². The van der Waals surface area contributed by atoms with Gasteiger partial charge in [-0.15, -0.1) is 0 Å². The largest absolute Gasteiger partial charge is 0.418 e. The molecular formula is C23H40NO3Si2+. The Labute approximate surface area is 179 Å². The molecule has 0 saturated carbocycles. The third kappa shape index (κ3) is 5.54. The Morgan fingerprint density at radius 1 is 0.862 bits per heavy atom. The molecule has 0 fully saturated rings. The van der Waals surface area contributed by atoms with Crippen molar-refractivity contribution < 1.29 is 18.2 Å². The number of hydrogen-bond acceptors (Lipinski definition) is 3. The minimum absolute atomic E-state index is 0.0161. The lowest BCUT2D eigenvalue weighted by atomic mass is 10.2. The third-order valence-electron chi connectivity index (χ3n) is 6.81. The fourth-order valence-electron chi connectivity index (χ4n) is 2.76. The summed E-state index contributed by atoms with van der Waals surface area (Å²) in [6.45, 7) is 22.7. The molecule has 1 aliphatic heterocycles. The van der Waals surface area contributed by atoms with E-state index in [1.165, 1.54) is 0 Å². The van der Waals surface area contributed by atoms with E-state index in [0.717, 1.165) is 5.56 Å². The molecule has 1 aliphatic rings. The second-order valence-electron chi connectivity index (χ2n) is 11.2. The molecule has 0 radical (unpaired) electrons. The fraction of sp³-hybridized carbons (Fsp3) is 0.652. The highest BCUT2D eigenvalue weighted by molar-refractivity contribution is 6.75. The predicted octanol–water partition coefficient (Wildman–Crippen LogP) is 5.59. The Kier molecular flexibility index (Phi) is 6.85. The van der Waals surface area contributed by atoms with Crippen LogP contribution in [0.4, 0.5) is 0 Å². The van der Waals surface area contributed by atoms with E-state index in [2.05, 4.69) is 67.7 Å². The minimum atomic E-state index is -2.13. The van der Waals surface area contributed by atoms with Gasteiger partial charge < -0.3 is 8.85 Å². The molecular weight excluding hydrogens is 394 g/mol. The van der Waals surface area contributed by atoms with Crippen molar-refractivity contribution in [3.8, 4) is 0 Å². The van der Waals surface area contributed by atoms with Crippen LogP contribution in [0.2, 0.25) is 36.3 Å². The average molecular weight is 435 g/mol. The normalized spacial score (nSPS) is 21.4. The first kappa shape index (κ1) is 24.2. The van der Waals surface area contributed by atoms with Crippen LogP contribution in [0.1, 0.15) is 47.1 Å². The van der Waals surface area contributed by atoms with Crippen LogP contribution < -0.4 is 0 Å². The van der Waals surface area contributed by atoms with Gasteiger partial charge in [-0.05, 0) is 36.3 Å². The molecule has 4 nitrogen and oxygen atoms in total. The third-order valence-corrected chi connectivity index (χ3v) is 15.7. The van der Waals surface area contributed by atoms with Gasteiger partial charge in [0.05, 0.1) is 0 Å². The van der Waals surface area contributed by atoms with E-state index in [1.807, 2.05) is 36.5 Å². The number of rotatable bonds is 6. The van der Waals surface area contributed by atoms with E-state index >= 15 is 0 Å². The molecule has 0 saturated heterocycles. The second-order valence-corrected chi connectivity index (χ2v) is 20.8. The van der Waals surface area contributed by atoms with Crippen LogP contribution in [-0.2, 0) is 20.2 Å². The van der Waals surface area contributed by atoms with Crippen LogP contribution in [0, 0.1) is 0 Å². The molecule has 1 heterocycles. The average Bonchev–Trinajstić information content (AvgIpc) is 2.81. The Morgan fingerprint density at radius 3 is 1.83 bits per heavy atom. The summed E-state index contributed by atoms with van der Waals surface area (Å²) in [6.07, 6.45) is 1.07. The first-order chi connectivity index (χ1) is 13.1. The zero-order chi connectivity index (χ0) is 22.3. The quantitative estimate of drug-likeness (QED) is 0.433. The zero-order valence-electron chi connectivity index (χ0n) is 20.0. The summed E-state index contributed by atoms with van der Waals surface area (Å²) in [6, 6.07) is 10.1. The number of carbonyl (C=O) groups excluding carboxylic acids is 1. The van der Waals surface area contributed by atoms with E-state index in [4.69, 9.17) is 8.85 Å². The molecule has 162 valence electrons. The standard InChI is InChI=1S/C23H40NO3Si2/c1-22(2,3)28(7,8)26-19-17-24(16-18-14-12-11-13-15-18)21(25)20(19)27-29(9,10)23(4,5)6/h11-15,17,19-20H,16H2,1-10H3/q+1/t19-,20+/m0/s1. The van der Waals surface area contributed by atoms with Crippen LogP contribution in [0.5, 0.6) is 0 Å². The van der Waals surface area contributed by atoms with Crippen molar-refractivity contribution in [1.82, 2.24) is 0 Å². The smallest absolute Gasteiger partial charge is 0.402 e. The van der Waals surface area contributed by atoms with Crippen LogP contribution >= 0.6 is 0 Å². The van der Waals surface area contributed by atoms with E-state index in [-0.39, 0.29) is 22.1 Å². The summed E-state index contributed by atoms with van der Waals surface area (Å²) < 4.78 is 15.1. The van der Waals surface area contributed by atoms with Crippen molar-refractivity contribution in [3.05, 3.63) is 35.9 Å². The number of hydrogen-bond donors (Lipinski definition) is 0. The highest BCUT2D eigenvalue weighted by atomic mass is 28.4. The molecule has 0 aromatic heterocycles. The van der Waals surface area contributed by atoms with Crippen molar-refractivity contribution in [3.63, 3.8) is 0 Å². The molecule has 0 unspecified atom stereocenters. The number of nitrogens with zero attached hydrogens (tertiary/aromatic N) is 1. The van der Waals surface area contributed by atoms with Crippen LogP contribution in [-0.4, -0.2) is 45.5 Å². The van der Waals surface area contributed by atoms with Gasteiger partial charge in [0, 0.05) is 5.56 Å². The van der Waals surface area contributed by atoms with Gasteiger partial charge in [0.15, 0.2) is 35.5 Å². The molecule has 2 rings (SSSR count). The van der Waals surface area contributed by atoms with Gasteiger partial charge >= 0.3 is 5.91 Å². The van der Waals surface area contributed by atoms with Crippen molar-refractivity contribution in [2.45, 2.75) is 96.6 Å². The monoisotopic (exact) mass is 434 g/mol. The summed E-state index contributed by atoms with van der Waals surface area (Å²) in [5.41, 5.74) is 1.11. The number of amides is 1. The summed E-state index contributed by atoms with van der Waals surface area (Å²) in [4.78, 5) is 13.4. The molecule has 0 spiro atoms.